The van der Waals surface area contributed by atoms with Crippen LogP contribution in [0.25, 0.3) is 0 Å². The molecule has 0 bridgehead atoms. The summed E-state index contributed by atoms with van der Waals surface area (Å²) in [5.74, 6) is -2.55. The Hall–Kier alpha value is -2.50. The van der Waals surface area contributed by atoms with Crippen molar-refractivity contribution in [2.45, 2.75) is 19.0 Å². The summed E-state index contributed by atoms with van der Waals surface area (Å²) in [4.78, 5) is 23.7. The van der Waals surface area contributed by atoms with Crippen LogP contribution in [0.5, 0.6) is 0 Å². The number of carbonyl (C=O) groups is 2. The molecule has 0 saturated heterocycles. The predicted molar refractivity (Wildman–Crippen MR) is 75.5 cm³/mol. The van der Waals surface area contributed by atoms with Gasteiger partial charge in [-0.2, -0.15) is 13.2 Å². The van der Waals surface area contributed by atoms with Gasteiger partial charge in [-0.3, -0.25) is 9.59 Å². The lowest BCUT2D eigenvalue weighted by atomic mass is 10.00. The Morgan fingerprint density at radius 3 is 2.17 bits per heavy atom. The summed E-state index contributed by atoms with van der Waals surface area (Å²) in [5.41, 5.74) is -0.986. The second-order valence-electron chi connectivity index (χ2n) is 4.99. The number of hydrogen-bond acceptors (Lipinski definition) is 2. The van der Waals surface area contributed by atoms with E-state index >= 15 is 0 Å². The van der Waals surface area contributed by atoms with Crippen LogP contribution in [0.2, 0.25) is 0 Å². The van der Waals surface area contributed by atoms with Gasteiger partial charge in [0.25, 0.3) is 0 Å². The van der Waals surface area contributed by atoms with Gasteiger partial charge in [-0.25, -0.2) is 4.39 Å². The van der Waals surface area contributed by atoms with E-state index in [4.69, 9.17) is 0 Å². The maximum Gasteiger partial charge on any atom is 0.416 e. The van der Waals surface area contributed by atoms with Gasteiger partial charge in [0, 0.05) is 6.42 Å². The molecule has 0 aliphatic carbocycles. The lowest BCUT2D eigenvalue weighted by molar-refractivity contribution is -0.137. The highest BCUT2D eigenvalue weighted by Gasteiger charge is 2.31. The molecule has 0 N–H and O–H groups in total. The van der Waals surface area contributed by atoms with Crippen molar-refractivity contribution in [3.05, 3.63) is 71.0 Å². The first kappa shape index (κ1) is 16.9. The number of ketones is 2. The maximum absolute atomic E-state index is 13.7. The lowest BCUT2D eigenvalue weighted by Gasteiger charge is -2.08. The Labute approximate surface area is 129 Å². The summed E-state index contributed by atoms with van der Waals surface area (Å²) < 4.78 is 51.0. The maximum atomic E-state index is 13.7. The Balaban J connectivity index is 2.07. The molecule has 0 heterocycles. The van der Waals surface area contributed by atoms with Crippen LogP contribution in [0.3, 0.4) is 0 Å². The molecular formula is C17H12F4O2. The normalized spacial score (nSPS) is 11.3. The van der Waals surface area contributed by atoms with Gasteiger partial charge in [-0.1, -0.05) is 30.3 Å². The molecule has 2 aromatic rings. The van der Waals surface area contributed by atoms with Crippen molar-refractivity contribution in [2.24, 2.45) is 0 Å². The molecule has 0 aliphatic rings. The van der Waals surface area contributed by atoms with E-state index < -0.39 is 41.1 Å². The Bertz CT molecular complexity index is 721. The third kappa shape index (κ3) is 4.48. The van der Waals surface area contributed by atoms with E-state index in [9.17, 15) is 27.2 Å². The van der Waals surface area contributed by atoms with Crippen molar-refractivity contribution in [3.63, 3.8) is 0 Å². The molecule has 0 spiro atoms. The van der Waals surface area contributed by atoms with E-state index in [1.807, 2.05) is 0 Å². The highest BCUT2D eigenvalue weighted by Crippen LogP contribution is 2.30. The molecule has 2 nitrogen and oxygen atoms in total. The minimum Gasteiger partial charge on any atom is -0.299 e. The number of halogens is 4. The molecule has 23 heavy (non-hydrogen) atoms. The summed E-state index contributed by atoms with van der Waals surface area (Å²) in [5, 5.41) is 0. The first-order valence-corrected chi connectivity index (χ1v) is 6.73. The highest BCUT2D eigenvalue weighted by atomic mass is 19.4. The molecule has 0 saturated carbocycles. The Morgan fingerprint density at radius 1 is 0.957 bits per heavy atom. The Morgan fingerprint density at radius 2 is 1.61 bits per heavy atom. The monoisotopic (exact) mass is 324 g/mol. The minimum atomic E-state index is -4.69. The molecule has 6 heteroatoms. The molecule has 2 aromatic carbocycles. The zero-order valence-electron chi connectivity index (χ0n) is 11.9. The van der Waals surface area contributed by atoms with Crippen LogP contribution in [-0.4, -0.2) is 11.6 Å². The second-order valence-corrected chi connectivity index (χ2v) is 4.99. The molecule has 0 unspecified atom stereocenters. The molecule has 0 fully saturated rings. The average molecular weight is 324 g/mol. The zero-order chi connectivity index (χ0) is 17.0. The van der Waals surface area contributed by atoms with Gasteiger partial charge < -0.3 is 0 Å². The van der Waals surface area contributed by atoms with Crippen LogP contribution in [0.4, 0.5) is 17.6 Å². The van der Waals surface area contributed by atoms with E-state index in [0.29, 0.717) is 11.6 Å². The van der Waals surface area contributed by atoms with Crippen molar-refractivity contribution in [2.75, 3.05) is 0 Å². The van der Waals surface area contributed by atoms with Crippen molar-refractivity contribution in [3.8, 4) is 0 Å². The molecule has 0 aromatic heterocycles. The number of rotatable bonds is 5. The quantitative estimate of drug-likeness (QED) is 0.468. The van der Waals surface area contributed by atoms with Crippen molar-refractivity contribution in [1.82, 2.24) is 0 Å². The van der Waals surface area contributed by atoms with E-state index in [1.165, 1.54) is 0 Å². The number of benzene rings is 2. The van der Waals surface area contributed by atoms with Gasteiger partial charge in [-0.15, -0.1) is 0 Å². The Kier molecular flexibility index (Phi) is 4.93. The third-order valence-corrected chi connectivity index (χ3v) is 3.20. The van der Waals surface area contributed by atoms with E-state index in [2.05, 4.69) is 0 Å². The summed E-state index contributed by atoms with van der Waals surface area (Å²) in [6, 6.07) is 10.3. The van der Waals surface area contributed by atoms with Crippen LogP contribution < -0.4 is 0 Å². The van der Waals surface area contributed by atoms with E-state index in [-0.39, 0.29) is 12.5 Å². The number of alkyl halides is 3. The fraction of sp³-hybridized carbons (Fsp3) is 0.176. The summed E-state index contributed by atoms with van der Waals surface area (Å²) in [6.07, 6.45) is -5.24. The predicted octanol–water partition coefficient (Wildman–Crippen LogP) is 4.23. The van der Waals surface area contributed by atoms with Crippen molar-refractivity contribution >= 4 is 11.6 Å². The van der Waals surface area contributed by atoms with Gasteiger partial charge in [0.1, 0.15) is 11.6 Å². The van der Waals surface area contributed by atoms with Crippen molar-refractivity contribution < 1.29 is 27.2 Å². The number of carbonyl (C=O) groups excluding carboxylic acids is 2. The summed E-state index contributed by atoms with van der Waals surface area (Å²) >= 11 is 0. The van der Waals surface area contributed by atoms with Crippen LogP contribution in [0, 0.1) is 5.82 Å². The molecule has 0 aliphatic heterocycles. The molecule has 0 radical (unpaired) electrons. The molecule has 0 amide bonds. The fourth-order valence-corrected chi connectivity index (χ4v) is 2.08. The topological polar surface area (TPSA) is 34.1 Å². The summed E-state index contributed by atoms with van der Waals surface area (Å²) in [7, 11) is 0. The fourth-order valence-electron chi connectivity index (χ4n) is 2.08. The first-order valence-electron chi connectivity index (χ1n) is 6.73. The zero-order valence-corrected chi connectivity index (χ0v) is 11.9. The van der Waals surface area contributed by atoms with Crippen LogP contribution in [-0.2, 0) is 17.4 Å². The number of Topliss-reactive ketones (excluding diaryl/α,β-unsaturated/α-hetero) is 2. The van der Waals surface area contributed by atoms with Gasteiger partial charge in [0.2, 0.25) is 0 Å². The SMILES string of the molecule is O=C(CC(=O)c1ccc(C(F)(F)F)cc1F)Cc1ccccc1. The van der Waals surface area contributed by atoms with Crippen molar-refractivity contribution in [1.29, 1.82) is 0 Å². The van der Waals surface area contributed by atoms with Crippen LogP contribution in [0.15, 0.2) is 48.5 Å². The standard InChI is InChI=1S/C17H12F4O2/c18-15-9-12(17(19,20)21)6-7-14(15)16(23)10-13(22)8-11-4-2-1-3-5-11/h1-7,9H,8,10H2. The van der Waals surface area contributed by atoms with Gasteiger partial charge in [-0.05, 0) is 23.8 Å². The van der Waals surface area contributed by atoms with Gasteiger partial charge >= 0.3 is 6.18 Å². The second kappa shape index (κ2) is 6.73. The van der Waals surface area contributed by atoms with Crippen LogP contribution in [0.1, 0.15) is 27.9 Å². The van der Waals surface area contributed by atoms with E-state index in [0.717, 1.165) is 6.07 Å². The molecule has 120 valence electrons. The molecule has 0 atom stereocenters. The molecule has 2 rings (SSSR count). The third-order valence-electron chi connectivity index (χ3n) is 3.20. The smallest absolute Gasteiger partial charge is 0.299 e. The minimum absolute atomic E-state index is 0.00876. The van der Waals surface area contributed by atoms with Gasteiger partial charge in [0.05, 0.1) is 17.5 Å². The van der Waals surface area contributed by atoms with E-state index in [1.54, 1.807) is 30.3 Å². The molecular weight excluding hydrogens is 312 g/mol. The summed E-state index contributed by atoms with van der Waals surface area (Å²) in [6.45, 7) is 0. The lowest BCUT2D eigenvalue weighted by Crippen LogP contribution is -2.13. The number of hydrogen-bond donors (Lipinski definition) is 0. The van der Waals surface area contributed by atoms with Crippen LogP contribution >= 0.6 is 0 Å². The first-order chi connectivity index (χ1) is 10.8. The van der Waals surface area contributed by atoms with Gasteiger partial charge in [0.15, 0.2) is 5.78 Å². The average Bonchev–Trinajstić information content (AvgIpc) is 2.46. The highest BCUT2D eigenvalue weighted by molar-refractivity contribution is 6.08. The largest absolute Gasteiger partial charge is 0.416 e.